The number of thiazole rings is 1. The number of H-pyrrole nitrogens is 1. The Bertz CT molecular complexity index is 960. The molecule has 3 rings (SSSR count). The van der Waals surface area contributed by atoms with Crippen LogP contribution in [0.15, 0.2) is 53.8 Å². The highest BCUT2D eigenvalue weighted by atomic mass is 32.1. The summed E-state index contributed by atoms with van der Waals surface area (Å²) in [6.45, 7) is 0. The Labute approximate surface area is 129 Å². The number of Topliss-reactive ketones (excluding diaryl/α,β-unsaturated/α-hetero) is 1. The van der Waals surface area contributed by atoms with Crippen molar-refractivity contribution in [3.63, 3.8) is 0 Å². The van der Waals surface area contributed by atoms with Crippen LogP contribution in [0, 0.1) is 0 Å². The number of carbonyl (C=O) groups excluding carboxylic acids is 1. The van der Waals surface area contributed by atoms with Gasteiger partial charge in [-0.1, -0.05) is 6.07 Å². The maximum atomic E-state index is 12.1. The fourth-order valence-corrected chi connectivity index (χ4v) is 2.74. The SMILES string of the molecule is O=C(C=c1[nH]c(=O)c(=Cc2cccnc2)s1)c1ccncc1. The molecule has 6 heteroatoms. The topological polar surface area (TPSA) is 75.7 Å². The number of nitrogens with one attached hydrogen (secondary N) is 1. The van der Waals surface area contributed by atoms with Crippen molar-refractivity contribution in [3.8, 4) is 0 Å². The molecule has 0 bridgehead atoms. The number of hydrogen-bond donors (Lipinski definition) is 1. The molecular formula is C16H11N3O2S. The molecule has 108 valence electrons. The number of aromatic nitrogens is 3. The fraction of sp³-hybridized carbons (Fsp3) is 0. The lowest BCUT2D eigenvalue weighted by atomic mass is 10.2. The van der Waals surface area contributed by atoms with Gasteiger partial charge in [0.15, 0.2) is 5.78 Å². The number of pyridine rings is 2. The Morgan fingerprint density at radius 2 is 1.95 bits per heavy atom. The van der Waals surface area contributed by atoms with Crippen molar-refractivity contribution >= 4 is 29.3 Å². The van der Waals surface area contributed by atoms with Gasteiger partial charge in [0, 0.05) is 36.4 Å². The predicted molar refractivity (Wildman–Crippen MR) is 85.0 cm³/mol. The van der Waals surface area contributed by atoms with Crippen LogP contribution in [0.25, 0.3) is 12.2 Å². The number of aromatic amines is 1. The van der Waals surface area contributed by atoms with Crippen LogP contribution in [0.4, 0.5) is 0 Å². The Kier molecular flexibility index (Phi) is 4.02. The molecule has 22 heavy (non-hydrogen) atoms. The maximum absolute atomic E-state index is 12.1. The molecule has 0 atom stereocenters. The highest BCUT2D eigenvalue weighted by Crippen LogP contribution is 1.98. The van der Waals surface area contributed by atoms with Gasteiger partial charge in [0.1, 0.15) is 0 Å². The summed E-state index contributed by atoms with van der Waals surface area (Å²) >= 11 is 1.23. The lowest BCUT2D eigenvalue weighted by Crippen LogP contribution is -2.20. The van der Waals surface area contributed by atoms with Gasteiger partial charge >= 0.3 is 0 Å². The van der Waals surface area contributed by atoms with Crippen molar-refractivity contribution in [2.75, 3.05) is 0 Å². The van der Waals surface area contributed by atoms with Gasteiger partial charge in [-0.15, -0.1) is 11.3 Å². The van der Waals surface area contributed by atoms with Gasteiger partial charge < -0.3 is 4.98 Å². The first-order valence-corrected chi connectivity index (χ1v) is 7.31. The van der Waals surface area contributed by atoms with Crippen molar-refractivity contribution in [2.24, 2.45) is 0 Å². The molecule has 0 aliphatic heterocycles. The van der Waals surface area contributed by atoms with E-state index in [2.05, 4.69) is 15.0 Å². The number of hydrogen-bond acceptors (Lipinski definition) is 5. The highest BCUT2D eigenvalue weighted by Gasteiger charge is 2.02. The van der Waals surface area contributed by atoms with Crippen LogP contribution in [0.2, 0.25) is 0 Å². The molecule has 0 fully saturated rings. The molecule has 0 aliphatic carbocycles. The van der Waals surface area contributed by atoms with Crippen LogP contribution >= 0.6 is 11.3 Å². The molecule has 3 heterocycles. The van der Waals surface area contributed by atoms with E-state index < -0.39 is 0 Å². The van der Waals surface area contributed by atoms with E-state index in [1.165, 1.54) is 17.4 Å². The molecule has 0 aromatic carbocycles. The second-order valence-electron chi connectivity index (χ2n) is 4.46. The summed E-state index contributed by atoms with van der Waals surface area (Å²) in [4.78, 5) is 34.5. The lowest BCUT2D eigenvalue weighted by molar-refractivity contribution is 0.106. The van der Waals surface area contributed by atoms with Crippen LogP contribution in [0.1, 0.15) is 15.9 Å². The minimum absolute atomic E-state index is 0.173. The number of nitrogens with zero attached hydrogens (tertiary/aromatic N) is 2. The largest absolute Gasteiger partial charge is 0.313 e. The predicted octanol–water partition coefficient (Wildman–Crippen LogP) is 0.719. The number of carbonyl (C=O) groups is 1. The van der Waals surface area contributed by atoms with Gasteiger partial charge in [-0.25, -0.2) is 0 Å². The van der Waals surface area contributed by atoms with Gasteiger partial charge in [0.2, 0.25) is 0 Å². The molecule has 3 aromatic heterocycles. The zero-order valence-electron chi connectivity index (χ0n) is 11.4. The second-order valence-corrected chi connectivity index (χ2v) is 5.54. The third kappa shape index (κ3) is 3.24. The van der Waals surface area contributed by atoms with Crippen LogP contribution in [0.5, 0.6) is 0 Å². The lowest BCUT2D eigenvalue weighted by Gasteiger charge is -1.91. The first-order valence-electron chi connectivity index (χ1n) is 6.49. The van der Waals surface area contributed by atoms with Gasteiger partial charge in [-0.05, 0) is 29.8 Å². The van der Waals surface area contributed by atoms with Gasteiger partial charge in [0.05, 0.1) is 9.20 Å². The first kappa shape index (κ1) is 14.1. The Morgan fingerprint density at radius 1 is 1.14 bits per heavy atom. The summed E-state index contributed by atoms with van der Waals surface area (Å²) in [7, 11) is 0. The zero-order valence-corrected chi connectivity index (χ0v) is 12.2. The summed E-state index contributed by atoms with van der Waals surface area (Å²) in [5, 5.41) is 0. The van der Waals surface area contributed by atoms with E-state index in [0.29, 0.717) is 14.8 Å². The first-order chi connectivity index (χ1) is 10.7. The normalized spacial score (nSPS) is 12.5. The summed E-state index contributed by atoms with van der Waals surface area (Å²) in [6, 6.07) is 6.92. The van der Waals surface area contributed by atoms with Crippen LogP contribution in [-0.4, -0.2) is 20.7 Å². The maximum Gasteiger partial charge on any atom is 0.266 e. The molecule has 0 saturated heterocycles. The van der Waals surface area contributed by atoms with Crippen molar-refractivity contribution < 1.29 is 4.79 Å². The molecule has 0 radical (unpaired) electrons. The molecular weight excluding hydrogens is 298 g/mol. The molecule has 0 amide bonds. The van der Waals surface area contributed by atoms with Crippen molar-refractivity contribution in [3.05, 3.63) is 79.7 Å². The van der Waals surface area contributed by atoms with Gasteiger partial charge in [0.25, 0.3) is 5.56 Å². The Morgan fingerprint density at radius 3 is 2.68 bits per heavy atom. The highest BCUT2D eigenvalue weighted by molar-refractivity contribution is 7.07. The van der Waals surface area contributed by atoms with E-state index in [0.717, 1.165) is 5.56 Å². The van der Waals surface area contributed by atoms with Crippen LogP contribution in [-0.2, 0) is 0 Å². The molecule has 5 nitrogen and oxygen atoms in total. The molecule has 0 saturated carbocycles. The van der Waals surface area contributed by atoms with Gasteiger partial charge in [-0.3, -0.25) is 19.6 Å². The summed E-state index contributed by atoms with van der Waals surface area (Å²) in [6.07, 6.45) is 9.61. The molecule has 1 N–H and O–H groups in total. The minimum Gasteiger partial charge on any atom is -0.313 e. The zero-order chi connectivity index (χ0) is 15.4. The van der Waals surface area contributed by atoms with Crippen molar-refractivity contribution in [1.29, 1.82) is 0 Å². The van der Waals surface area contributed by atoms with E-state index in [-0.39, 0.29) is 11.3 Å². The van der Waals surface area contributed by atoms with Gasteiger partial charge in [-0.2, -0.15) is 0 Å². The monoisotopic (exact) mass is 309 g/mol. The van der Waals surface area contributed by atoms with E-state index in [1.54, 1.807) is 49.1 Å². The summed E-state index contributed by atoms with van der Waals surface area (Å²) in [5.41, 5.74) is 1.14. The van der Waals surface area contributed by atoms with E-state index in [9.17, 15) is 9.59 Å². The second kappa shape index (κ2) is 6.28. The summed E-state index contributed by atoms with van der Waals surface area (Å²) < 4.78 is 1.05. The third-order valence-corrected chi connectivity index (χ3v) is 3.85. The Hall–Kier alpha value is -2.86. The minimum atomic E-state index is -0.220. The fourth-order valence-electron chi connectivity index (χ4n) is 1.86. The molecule has 0 unspecified atom stereocenters. The quantitative estimate of drug-likeness (QED) is 0.723. The van der Waals surface area contributed by atoms with Crippen LogP contribution in [0.3, 0.4) is 0 Å². The number of rotatable bonds is 3. The molecule has 0 aliphatic rings. The third-order valence-electron chi connectivity index (χ3n) is 2.89. The Balaban J connectivity index is 2.00. The molecule has 0 spiro atoms. The van der Waals surface area contributed by atoms with E-state index in [4.69, 9.17) is 0 Å². The average molecular weight is 309 g/mol. The van der Waals surface area contributed by atoms with Crippen molar-refractivity contribution in [2.45, 2.75) is 0 Å². The smallest absolute Gasteiger partial charge is 0.266 e. The van der Waals surface area contributed by atoms with E-state index >= 15 is 0 Å². The van der Waals surface area contributed by atoms with Crippen molar-refractivity contribution in [1.82, 2.24) is 15.0 Å². The van der Waals surface area contributed by atoms with Crippen LogP contribution < -0.4 is 14.8 Å². The standard InChI is InChI=1S/C16H11N3O2S/c20-13(12-3-6-17-7-4-12)9-15-19-16(21)14(22-15)8-11-2-1-5-18-10-11/h1-10H,(H,19,21). The summed E-state index contributed by atoms with van der Waals surface area (Å²) in [5.74, 6) is -0.173. The molecule has 3 aromatic rings. The average Bonchev–Trinajstić information content (AvgIpc) is 2.88. The number of ketones is 1. The van der Waals surface area contributed by atoms with E-state index in [1.807, 2.05) is 6.07 Å².